The summed E-state index contributed by atoms with van der Waals surface area (Å²) >= 11 is 0. The van der Waals surface area contributed by atoms with Gasteiger partial charge in [-0.2, -0.15) is 0 Å². The largest absolute Gasteiger partial charge is 0.466 e. The predicted octanol–water partition coefficient (Wildman–Crippen LogP) is 3.34. The third kappa shape index (κ3) is 3.23. The first kappa shape index (κ1) is 14.2. The molecule has 1 aliphatic rings. The van der Waals surface area contributed by atoms with Crippen LogP contribution in [0.3, 0.4) is 0 Å². The van der Waals surface area contributed by atoms with E-state index in [2.05, 4.69) is 0 Å². The molecule has 0 spiro atoms. The summed E-state index contributed by atoms with van der Waals surface area (Å²) < 4.78 is 5.02. The van der Waals surface area contributed by atoms with Gasteiger partial charge in [-0.3, -0.25) is 14.9 Å². The van der Waals surface area contributed by atoms with Gasteiger partial charge in [0.15, 0.2) is 0 Å². The third-order valence-electron chi connectivity index (χ3n) is 3.46. The summed E-state index contributed by atoms with van der Waals surface area (Å²) in [5, 5.41) is 10.8. The van der Waals surface area contributed by atoms with Gasteiger partial charge in [0, 0.05) is 12.1 Å². The van der Waals surface area contributed by atoms with Gasteiger partial charge in [0.25, 0.3) is 5.69 Å². The van der Waals surface area contributed by atoms with Crippen molar-refractivity contribution in [2.75, 3.05) is 6.61 Å². The molecule has 0 radical (unpaired) electrons. The van der Waals surface area contributed by atoms with Crippen LogP contribution in [0.15, 0.2) is 30.3 Å². The molecule has 0 aromatic heterocycles. The number of rotatable bonds is 4. The Hall–Kier alpha value is -2.17. The van der Waals surface area contributed by atoms with Gasteiger partial charge in [-0.15, -0.1) is 0 Å². The Labute approximate surface area is 117 Å². The average Bonchev–Trinajstić information content (AvgIpc) is 2.48. The highest BCUT2D eigenvalue weighted by molar-refractivity contribution is 5.76. The van der Waals surface area contributed by atoms with Gasteiger partial charge in [0.1, 0.15) is 0 Å². The Morgan fingerprint density at radius 2 is 2.30 bits per heavy atom. The highest BCUT2D eigenvalue weighted by Gasteiger charge is 2.23. The van der Waals surface area contributed by atoms with Crippen LogP contribution in [0.25, 0.3) is 5.57 Å². The van der Waals surface area contributed by atoms with Gasteiger partial charge < -0.3 is 4.74 Å². The molecule has 20 heavy (non-hydrogen) atoms. The van der Waals surface area contributed by atoms with Crippen molar-refractivity contribution in [3.05, 3.63) is 46.0 Å². The first-order valence-corrected chi connectivity index (χ1v) is 6.72. The lowest BCUT2D eigenvalue weighted by atomic mass is 9.86. The summed E-state index contributed by atoms with van der Waals surface area (Å²) in [6.07, 6.45) is 4.10. The molecule has 1 aromatic rings. The number of hydrogen-bond acceptors (Lipinski definition) is 4. The Bertz CT molecular complexity index is 551. The van der Waals surface area contributed by atoms with Crippen LogP contribution in [-0.2, 0) is 9.53 Å². The number of nitro benzene ring substituents is 1. The summed E-state index contributed by atoms with van der Waals surface area (Å²) in [7, 11) is 0. The smallest absolute Gasteiger partial charge is 0.309 e. The summed E-state index contributed by atoms with van der Waals surface area (Å²) in [6, 6.07) is 6.61. The number of nitrogens with zero attached hydrogens (tertiary/aromatic N) is 1. The lowest BCUT2D eigenvalue weighted by Gasteiger charge is -2.20. The number of benzene rings is 1. The predicted molar refractivity (Wildman–Crippen MR) is 75.0 cm³/mol. The van der Waals surface area contributed by atoms with Gasteiger partial charge in [-0.05, 0) is 37.3 Å². The number of ether oxygens (including phenoxy) is 1. The Balaban J connectivity index is 2.10. The lowest BCUT2D eigenvalue weighted by molar-refractivity contribution is -0.384. The van der Waals surface area contributed by atoms with Crippen LogP contribution in [0.2, 0.25) is 0 Å². The zero-order valence-electron chi connectivity index (χ0n) is 11.4. The molecule has 106 valence electrons. The zero-order valence-corrected chi connectivity index (χ0v) is 11.4. The molecule has 1 unspecified atom stereocenters. The van der Waals surface area contributed by atoms with E-state index in [0.717, 1.165) is 24.0 Å². The Morgan fingerprint density at radius 1 is 1.50 bits per heavy atom. The molecule has 5 heteroatoms. The van der Waals surface area contributed by atoms with Crippen molar-refractivity contribution in [1.29, 1.82) is 0 Å². The molecule has 0 heterocycles. The fourth-order valence-corrected chi connectivity index (χ4v) is 2.39. The van der Waals surface area contributed by atoms with E-state index >= 15 is 0 Å². The van der Waals surface area contributed by atoms with E-state index < -0.39 is 4.92 Å². The zero-order chi connectivity index (χ0) is 14.5. The summed E-state index contributed by atoms with van der Waals surface area (Å²) in [5.41, 5.74) is 2.02. The van der Waals surface area contributed by atoms with Crippen LogP contribution in [0, 0.1) is 16.0 Å². The second-order valence-electron chi connectivity index (χ2n) is 4.76. The van der Waals surface area contributed by atoms with E-state index in [9.17, 15) is 14.9 Å². The van der Waals surface area contributed by atoms with Crippen LogP contribution in [0.1, 0.15) is 31.7 Å². The van der Waals surface area contributed by atoms with Gasteiger partial charge in [0.2, 0.25) is 0 Å². The second kappa shape index (κ2) is 6.32. The van der Waals surface area contributed by atoms with Crippen molar-refractivity contribution in [2.45, 2.75) is 26.2 Å². The van der Waals surface area contributed by atoms with E-state index in [-0.39, 0.29) is 17.6 Å². The van der Waals surface area contributed by atoms with E-state index in [0.29, 0.717) is 13.0 Å². The molecule has 0 fully saturated rings. The first-order valence-electron chi connectivity index (χ1n) is 6.72. The van der Waals surface area contributed by atoms with Gasteiger partial charge in [-0.1, -0.05) is 18.2 Å². The van der Waals surface area contributed by atoms with Crippen LogP contribution in [0.4, 0.5) is 5.69 Å². The summed E-state index contributed by atoms with van der Waals surface area (Å²) in [5.74, 6) is -0.237. The molecule has 0 aliphatic heterocycles. The van der Waals surface area contributed by atoms with Crippen molar-refractivity contribution in [3.8, 4) is 0 Å². The molecular formula is C15H17NO4. The van der Waals surface area contributed by atoms with Gasteiger partial charge in [-0.25, -0.2) is 0 Å². The average molecular weight is 275 g/mol. The molecule has 0 amide bonds. The number of esters is 1. The number of hydrogen-bond donors (Lipinski definition) is 0. The van der Waals surface area contributed by atoms with E-state index in [4.69, 9.17) is 4.74 Å². The number of allylic oxidation sites excluding steroid dienone is 2. The molecule has 2 rings (SSSR count). The highest BCUT2D eigenvalue weighted by atomic mass is 16.6. The molecule has 0 saturated carbocycles. The van der Waals surface area contributed by atoms with E-state index in [1.807, 2.05) is 12.1 Å². The summed E-state index contributed by atoms with van der Waals surface area (Å²) in [6.45, 7) is 2.20. The number of carbonyl (C=O) groups excluding carboxylic acids is 1. The second-order valence-corrected chi connectivity index (χ2v) is 4.76. The third-order valence-corrected chi connectivity index (χ3v) is 3.46. The van der Waals surface area contributed by atoms with Crippen LogP contribution in [0.5, 0.6) is 0 Å². The van der Waals surface area contributed by atoms with Crippen molar-refractivity contribution in [3.63, 3.8) is 0 Å². The molecule has 1 atom stereocenters. The van der Waals surface area contributed by atoms with Gasteiger partial charge in [0.05, 0.1) is 17.4 Å². The molecule has 5 nitrogen and oxygen atoms in total. The standard InChI is InChI=1S/C15H17NO4/c1-2-20-15(17)12-8-6-11(7-9-12)13-4-3-5-14(10-13)16(18)19/h3-6,10,12H,2,7-9H2,1H3. The quantitative estimate of drug-likeness (QED) is 0.480. The topological polar surface area (TPSA) is 69.4 Å². The van der Waals surface area contributed by atoms with Crippen molar-refractivity contribution in [2.24, 2.45) is 5.92 Å². The number of non-ortho nitro benzene ring substituents is 1. The summed E-state index contributed by atoms with van der Waals surface area (Å²) in [4.78, 5) is 22.0. The Kier molecular flexibility index (Phi) is 4.50. The molecule has 0 bridgehead atoms. The van der Waals surface area contributed by atoms with Crippen molar-refractivity contribution >= 4 is 17.2 Å². The number of carbonyl (C=O) groups is 1. The lowest BCUT2D eigenvalue weighted by Crippen LogP contribution is -2.19. The molecule has 1 aliphatic carbocycles. The SMILES string of the molecule is CCOC(=O)C1CC=C(c2cccc([N+](=O)[O-])c2)CC1. The van der Waals surface area contributed by atoms with Crippen molar-refractivity contribution < 1.29 is 14.5 Å². The van der Waals surface area contributed by atoms with Gasteiger partial charge >= 0.3 is 5.97 Å². The van der Waals surface area contributed by atoms with Crippen LogP contribution in [-0.4, -0.2) is 17.5 Å². The molecule has 0 N–H and O–H groups in total. The minimum atomic E-state index is -0.395. The van der Waals surface area contributed by atoms with E-state index in [1.165, 1.54) is 6.07 Å². The molecule has 0 saturated heterocycles. The number of nitro groups is 1. The first-order chi connectivity index (χ1) is 9.61. The molecule has 1 aromatic carbocycles. The maximum absolute atomic E-state index is 11.6. The fourth-order valence-electron chi connectivity index (χ4n) is 2.39. The van der Waals surface area contributed by atoms with Crippen molar-refractivity contribution in [1.82, 2.24) is 0 Å². The highest BCUT2D eigenvalue weighted by Crippen LogP contribution is 2.32. The fraction of sp³-hybridized carbons (Fsp3) is 0.400. The normalized spacial score (nSPS) is 18.2. The maximum Gasteiger partial charge on any atom is 0.309 e. The molecular weight excluding hydrogens is 258 g/mol. The minimum absolute atomic E-state index is 0.0857. The maximum atomic E-state index is 11.6. The van der Waals surface area contributed by atoms with Crippen LogP contribution < -0.4 is 0 Å². The Morgan fingerprint density at radius 3 is 2.90 bits per heavy atom. The minimum Gasteiger partial charge on any atom is -0.466 e. The van der Waals surface area contributed by atoms with Crippen LogP contribution >= 0.6 is 0 Å². The monoisotopic (exact) mass is 275 g/mol. The van der Waals surface area contributed by atoms with E-state index in [1.54, 1.807) is 19.1 Å².